The number of nitrogens with two attached hydrogens (primary N) is 1. The minimum atomic E-state index is -0.765. The van der Waals surface area contributed by atoms with Gasteiger partial charge in [0, 0.05) is 0 Å². The van der Waals surface area contributed by atoms with Crippen molar-refractivity contribution in [1.29, 1.82) is 0 Å². The van der Waals surface area contributed by atoms with Crippen LogP contribution in [0.25, 0.3) is 6.08 Å². The summed E-state index contributed by atoms with van der Waals surface area (Å²) in [4.78, 5) is 36.6. The molecule has 1 aliphatic heterocycles. The number of benzene rings is 2. The van der Waals surface area contributed by atoms with Crippen molar-refractivity contribution in [2.45, 2.75) is 13.5 Å². The van der Waals surface area contributed by atoms with Crippen LogP contribution in [0.15, 0.2) is 39.7 Å². The highest BCUT2D eigenvalue weighted by atomic mass is 79.9. The zero-order chi connectivity index (χ0) is 23.4. The van der Waals surface area contributed by atoms with Gasteiger partial charge in [-0.25, -0.2) is 0 Å². The number of carbonyl (C=O) groups is 3. The topological polar surface area (TPSA) is 98.9 Å². The van der Waals surface area contributed by atoms with Gasteiger partial charge in [-0.3, -0.25) is 19.3 Å². The van der Waals surface area contributed by atoms with E-state index in [1.165, 1.54) is 0 Å². The number of amides is 3. The zero-order valence-corrected chi connectivity index (χ0v) is 20.6. The van der Waals surface area contributed by atoms with Crippen LogP contribution in [0.2, 0.25) is 10.0 Å². The molecule has 3 rings (SSSR count). The van der Waals surface area contributed by atoms with E-state index in [4.69, 9.17) is 38.4 Å². The molecule has 0 atom stereocenters. The van der Waals surface area contributed by atoms with Crippen molar-refractivity contribution in [2.24, 2.45) is 5.73 Å². The number of hydrogen-bond acceptors (Lipinski definition) is 6. The Balaban J connectivity index is 1.86. The fourth-order valence-electron chi connectivity index (χ4n) is 2.80. The summed E-state index contributed by atoms with van der Waals surface area (Å²) in [6.07, 6.45) is 1.54. The molecular weight excluding hydrogens is 543 g/mol. The maximum Gasteiger partial charge on any atom is 0.294 e. The standard InChI is InChI=1S/C21H17BrCl2N2O5S/c1-2-30-16-7-12(8-17-20(28)26(9-18(25)27)21(29)32-17)5-13(22)19(16)31-10-11-3-4-14(23)15(24)6-11/h3-8H,2,9-10H2,1H3,(H2,25,27)/b17-8-. The lowest BCUT2D eigenvalue weighted by Crippen LogP contribution is -2.36. The van der Waals surface area contributed by atoms with E-state index in [-0.39, 0.29) is 11.5 Å². The molecule has 0 aromatic heterocycles. The minimum absolute atomic E-state index is 0.176. The lowest BCUT2D eigenvalue weighted by molar-refractivity contribution is -0.127. The van der Waals surface area contributed by atoms with Gasteiger partial charge in [0.05, 0.1) is 26.0 Å². The molecule has 0 saturated carbocycles. The molecule has 32 heavy (non-hydrogen) atoms. The van der Waals surface area contributed by atoms with Crippen molar-refractivity contribution in [3.63, 3.8) is 0 Å². The molecule has 1 aliphatic rings. The summed E-state index contributed by atoms with van der Waals surface area (Å²) in [6, 6.07) is 8.64. The van der Waals surface area contributed by atoms with Gasteiger partial charge in [0.25, 0.3) is 11.1 Å². The Kier molecular flexibility index (Phi) is 8.10. The third-order valence-electron chi connectivity index (χ3n) is 4.18. The molecular formula is C21H17BrCl2N2O5S. The SMILES string of the molecule is CCOc1cc(/C=C2\SC(=O)N(CC(N)=O)C2=O)cc(Br)c1OCc1ccc(Cl)c(Cl)c1. The number of thioether (sulfide) groups is 1. The van der Waals surface area contributed by atoms with Gasteiger partial charge in [-0.15, -0.1) is 0 Å². The number of ether oxygens (including phenoxy) is 2. The molecule has 0 unspecified atom stereocenters. The van der Waals surface area contributed by atoms with Gasteiger partial charge in [-0.2, -0.15) is 0 Å². The molecule has 3 amide bonds. The number of imide groups is 1. The Hall–Kier alpha value is -2.20. The van der Waals surface area contributed by atoms with Crippen molar-refractivity contribution in [1.82, 2.24) is 4.90 Å². The predicted molar refractivity (Wildman–Crippen MR) is 128 cm³/mol. The van der Waals surface area contributed by atoms with Crippen LogP contribution in [0.1, 0.15) is 18.1 Å². The van der Waals surface area contributed by atoms with Crippen molar-refractivity contribution in [3.05, 3.63) is 60.9 Å². The average molecular weight is 560 g/mol. The number of hydrogen-bond donors (Lipinski definition) is 1. The molecule has 0 spiro atoms. The normalized spacial score (nSPS) is 14.9. The van der Waals surface area contributed by atoms with E-state index in [0.29, 0.717) is 38.2 Å². The summed E-state index contributed by atoms with van der Waals surface area (Å²) in [7, 11) is 0. The fourth-order valence-corrected chi connectivity index (χ4v) is 4.54. The Morgan fingerprint density at radius 1 is 1.19 bits per heavy atom. The summed E-state index contributed by atoms with van der Waals surface area (Å²) in [5.41, 5.74) is 6.53. The largest absolute Gasteiger partial charge is 0.490 e. The minimum Gasteiger partial charge on any atom is -0.490 e. The van der Waals surface area contributed by atoms with E-state index in [9.17, 15) is 14.4 Å². The predicted octanol–water partition coefficient (Wildman–Crippen LogP) is 5.26. The quantitative estimate of drug-likeness (QED) is 0.443. The van der Waals surface area contributed by atoms with Crippen molar-refractivity contribution in [2.75, 3.05) is 13.2 Å². The molecule has 1 fully saturated rings. The van der Waals surface area contributed by atoms with E-state index < -0.39 is 23.6 Å². The monoisotopic (exact) mass is 558 g/mol. The number of carbonyl (C=O) groups excluding carboxylic acids is 3. The van der Waals surface area contributed by atoms with Gasteiger partial charge in [-0.1, -0.05) is 29.3 Å². The Morgan fingerprint density at radius 2 is 1.94 bits per heavy atom. The van der Waals surface area contributed by atoms with Crippen LogP contribution in [0.3, 0.4) is 0 Å². The summed E-state index contributed by atoms with van der Waals surface area (Å²) in [6.45, 7) is 1.98. The second-order valence-corrected chi connectivity index (χ2v) is 9.20. The van der Waals surface area contributed by atoms with E-state index in [1.807, 2.05) is 6.92 Å². The molecule has 168 valence electrons. The molecule has 11 heteroatoms. The van der Waals surface area contributed by atoms with Crippen LogP contribution in [-0.4, -0.2) is 35.1 Å². The number of primary amides is 1. The van der Waals surface area contributed by atoms with E-state index >= 15 is 0 Å². The highest BCUT2D eigenvalue weighted by Gasteiger charge is 2.35. The second kappa shape index (κ2) is 10.6. The lowest BCUT2D eigenvalue weighted by atomic mass is 10.1. The van der Waals surface area contributed by atoms with E-state index in [0.717, 1.165) is 22.2 Å². The highest BCUT2D eigenvalue weighted by molar-refractivity contribution is 9.10. The van der Waals surface area contributed by atoms with Crippen LogP contribution < -0.4 is 15.2 Å². The lowest BCUT2D eigenvalue weighted by Gasteiger charge is -2.15. The molecule has 0 bridgehead atoms. The van der Waals surface area contributed by atoms with E-state index in [2.05, 4.69) is 15.9 Å². The van der Waals surface area contributed by atoms with Gasteiger partial charge in [0.2, 0.25) is 5.91 Å². The van der Waals surface area contributed by atoms with Gasteiger partial charge < -0.3 is 15.2 Å². The molecule has 1 heterocycles. The first kappa shape index (κ1) is 24.4. The van der Waals surface area contributed by atoms with Gasteiger partial charge in [0.1, 0.15) is 13.2 Å². The van der Waals surface area contributed by atoms with Crippen LogP contribution in [0.4, 0.5) is 4.79 Å². The number of rotatable bonds is 8. The molecule has 7 nitrogen and oxygen atoms in total. The first-order valence-electron chi connectivity index (χ1n) is 9.26. The highest BCUT2D eigenvalue weighted by Crippen LogP contribution is 2.40. The second-order valence-electron chi connectivity index (χ2n) is 6.53. The first-order chi connectivity index (χ1) is 15.2. The molecule has 0 aliphatic carbocycles. The molecule has 1 saturated heterocycles. The molecule has 2 aromatic carbocycles. The zero-order valence-electron chi connectivity index (χ0n) is 16.7. The molecule has 2 N–H and O–H groups in total. The summed E-state index contributed by atoms with van der Waals surface area (Å²) < 4.78 is 12.2. The Labute approximate surface area is 206 Å². The number of halogens is 3. The van der Waals surface area contributed by atoms with Crippen LogP contribution in [0, 0.1) is 0 Å². The van der Waals surface area contributed by atoms with Crippen LogP contribution >= 0.6 is 50.9 Å². The van der Waals surface area contributed by atoms with Crippen molar-refractivity contribution in [3.8, 4) is 11.5 Å². The fraction of sp³-hybridized carbons (Fsp3) is 0.190. The van der Waals surface area contributed by atoms with Crippen molar-refractivity contribution >= 4 is 74.0 Å². The number of nitrogens with zero attached hydrogens (tertiary/aromatic N) is 1. The molecule has 2 aromatic rings. The maximum absolute atomic E-state index is 12.4. The Morgan fingerprint density at radius 3 is 2.59 bits per heavy atom. The summed E-state index contributed by atoms with van der Waals surface area (Å²) >= 11 is 16.2. The van der Waals surface area contributed by atoms with Gasteiger partial charge >= 0.3 is 0 Å². The van der Waals surface area contributed by atoms with Gasteiger partial charge in [0.15, 0.2) is 11.5 Å². The van der Waals surface area contributed by atoms with E-state index in [1.54, 1.807) is 36.4 Å². The van der Waals surface area contributed by atoms with Gasteiger partial charge in [-0.05, 0) is 76.1 Å². The molecule has 0 radical (unpaired) electrons. The maximum atomic E-state index is 12.4. The average Bonchev–Trinajstić information content (AvgIpc) is 2.97. The van der Waals surface area contributed by atoms with Crippen molar-refractivity contribution < 1.29 is 23.9 Å². The summed E-state index contributed by atoms with van der Waals surface area (Å²) in [5, 5.41) is 0.333. The summed E-state index contributed by atoms with van der Waals surface area (Å²) in [5.74, 6) is -0.423. The third-order valence-corrected chi connectivity index (χ3v) is 6.42. The first-order valence-corrected chi connectivity index (χ1v) is 11.6. The smallest absolute Gasteiger partial charge is 0.294 e. The Bertz CT molecular complexity index is 1130. The van der Waals surface area contributed by atoms with Crippen LogP contribution in [0.5, 0.6) is 11.5 Å². The third kappa shape index (κ3) is 5.78. The van der Waals surface area contributed by atoms with Crippen LogP contribution in [-0.2, 0) is 16.2 Å².